The van der Waals surface area contributed by atoms with E-state index in [2.05, 4.69) is 43.9 Å². The molecule has 0 aliphatic rings. The van der Waals surface area contributed by atoms with Crippen LogP contribution in [-0.4, -0.2) is 93.5 Å². The molecule has 1 atom stereocenters. The molecule has 0 aromatic carbocycles. The number of ether oxygens (including phenoxy) is 4. The lowest BCUT2D eigenvalue weighted by Gasteiger charge is -2.26. The Hall–Kier alpha value is -4.18. The van der Waals surface area contributed by atoms with Crippen molar-refractivity contribution in [2.75, 3.05) is 46.4 Å². The van der Waals surface area contributed by atoms with Crippen molar-refractivity contribution >= 4 is 36.4 Å². The van der Waals surface area contributed by atoms with E-state index >= 15 is 0 Å². The second-order valence-corrected chi connectivity index (χ2v) is 7.15. The molecule has 16 heteroatoms. The standard InChI is InChI=1S/C21H32N4O12/c1-14(2)16(27)32-6-7-34-19(30)25-12-23-18(29)21(5,10-26)37-20(31)24-11-22-13-36-35-9-8-33-17(28)15(3)4/h13,26H,1,3,6-12H2,2,4-5H3,(H,23,29)(H,24,31)(H,25,30)/b22-13+. The fraction of sp³-hybridized carbons (Fsp3) is 0.524. The number of aliphatic hydroxyl groups excluding tert-OH is 1. The van der Waals surface area contributed by atoms with Crippen LogP contribution in [0.4, 0.5) is 9.59 Å². The van der Waals surface area contributed by atoms with Gasteiger partial charge < -0.3 is 44.9 Å². The van der Waals surface area contributed by atoms with E-state index in [4.69, 9.17) is 18.9 Å². The van der Waals surface area contributed by atoms with Crippen LogP contribution in [-0.2, 0) is 43.1 Å². The van der Waals surface area contributed by atoms with E-state index in [1.54, 1.807) is 0 Å². The molecule has 0 saturated carbocycles. The number of aliphatic imine (C=N–C) groups is 1. The van der Waals surface area contributed by atoms with Crippen molar-refractivity contribution in [2.24, 2.45) is 4.99 Å². The Kier molecular flexibility index (Phi) is 16.1. The number of esters is 2. The van der Waals surface area contributed by atoms with Crippen molar-refractivity contribution in [3.8, 4) is 0 Å². The Morgan fingerprint density at radius 1 is 0.865 bits per heavy atom. The van der Waals surface area contributed by atoms with Gasteiger partial charge in [-0.2, -0.15) is 4.89 Å². The Morgan fingerprint density at radius 2 is 1.43 bits per heavy atom. The summed E-state index contributed by atoms with van der Waals surface area (Å²) >= 11 is 0. The summed E-state index contributed by atoms with van der Waals surface area (Å²) in [5.74, 6) is -2.13. The van der Waals surface area contributed by atoms with E-state index in [1.807, 2.05) is 0 Å². The number of aliphatic hydroxyl groups is 1. The van der Waals surface area contributed by atoms with E-state index in [0.717, 1.165) is 13.3 Å². The average molecular weight is 533 g/mol. The minimum Gasteiger partial charge on any atom is -0.460 e. The van der Waals surface area contributed by atoms with Gasteiger partial charge in [-0.15, -0.1) is 0 Å². The highest BCUT2D eigenvalue weighted by Crippen LogP contribution is 2.10. The van der Waals surface area contributed by atoms with Crippen LogP contribution in [0.5, 0.6) is 0 Å². The van der Waals surface area contributed by atoms with Crippen molar-refractivity contribution in [3.63, 3.8) is 0 Å². The second-order valence-electron chi connectivity index (χ2n) is 7.15. The predicted octanol–water partition coefficient (Wildman–Crippen LogP) is -0.564. The third kappa shape index (κ3) is 15.4. The lowest BCUT2D eigenvalue weighted by molar-refractivity contribution is -0.223. The summed E-state index contributed by atoms with van der Waals surface area (Å²) < 4.78 is 19.1. The molecule has 0 aromatic rings. The van der Waals surface area contributed by atoms with E-state index in [1.165, 1.54) is 13.8 Å². The minimum absolute atomic E-state index is 0.0738. The van der Waals surface area contributed by atoms with E-state index in [0.29, 0.717) is 0 Å². The Labute approximate surface area is 212 Å². The molecule has 37 heavy (non-hydrogen) atoms. The number of rotatable bonds is 17. The number of hydrogen-bond donors (Lipinski definition) is 4. The highest BCUT2D eigenvalue weighted by atomic mass is 17.2. The third-order valence-electron chi connectivity index (χ3n) is 3.73. The lowest BCUT2D eigenvalue weighted by atomic mass is 10.1. The fourth-order valence-electron chi connectivity index (χ4n) is 1.77. The molecule has 0 heterocycles. The first-order chi connectivity index (χ1) is 17.4. The van der Waals surface area contributed by atoms with Gasteiger partial charge >= 0.3 is 24.1 Å². The van der Waals surface area contributed by atoms with Gasteiger partial charge in [0, 0.05) is 11.1 Å². The highest BCUT2D eigenvalue weighted by Gasteiger charge is 2.37. The molecule has 3 amide bonds. The van der Waals surface area contributed by atoms with Gasteiger partial charge in [0.15, 0.2) is 0 Å². The van der Waals surface area contributed by atoms with Gasteiger partial charge in [0.25, 0.3) is 5.91 Å². The zero-order chi connectivity index (χ0) is 28.3. The first-order valence-electron chi connectivity index (χ1n) is 10.6. The molecule has 0 spiro atoms. The van der Waals surface area contributed by atoms with Crippen LogP contribution in [0.1, 0.15) is 20.8 Å². The van der Waals surface area contributed by atoms with Crippen LogP contribution in [0.3, 0.4) is 0 Å². The SMILES string of the molecule is C=C(C)C(=O)OCCOO/C=N/CNC(=O)OC(C)(CO)C(=O)NCNC(=O)OCCOC(=O)C(=C)C. The lowest BCUT2D eigenvalue weighted by Crippen LogP contribution is -2.54. The van der Waals surface area contributed by atoms with Crippen molar-refractivity contribution in [1.82, 2.24) is 16.0 Å². The van der Waals surface area contributed by atoms with E-state index in [9.17, 15) is 29.1 Å². The van der Waals surface area contributed by atoms with E-state index in [-0.39, 0.29) is 44.2 Å². The van der Waals surface area contributed by atoms with Crippen LogP contribution in [0, 0.1) is 0 Å². The molecular weight excluding hydrogens is 500 g/mol. The summed E-state index contributed by atoms with van der Waals surface area (Å²) in [5.41, 5.74) is -1.56. The molecule has 4 N–H and O–H groups in total. The second kappa shape index (κ2) is 18.1. The van der Waals surface area contributed by atoms with Gasteiger partial charge in [0.2, 0.25) is 12.0 Å². The summed E-state index contributed by atoms with van der Waals surface area (Å²) in [4.78, 5) is 70.8. The largest absolute Gasteiger partial charge is 0.460 e. The molecule has 0 aromatic heterocycles. The van der Waals surface area contributed by atoms with Gasteiger partial charge in [-0.1, -0.05) is 13.2 Å². The number of carbonyl (C=O) groups excluding carboxylic acids is 5. The van der Waals surface area contributed by atoms with Crippen molar-refractivity contribution in [3.05, 3.63) is 24.3 Å². The molecule has 0 radical (unpaired) electrons. The quantitative estimate of drug-likeness (QED) is 0.0214. The smallest absolute Gasteiger partial charge is 0.409 e. The maximum atomic E-state index is 12.3. The number of alkyl carbamates (subject to hydrolysis) is 2. The molecule has 0 aliphatic carbocycles. The number of amides is 3. The fourth-order valence-corrected chi connectivity index (χ4v) is 1.77. The van der Waals surface area contributed by atoms with Crippen molar-refractivity contribution < 1.29 is 57.8 Å². The first-order valence-corrected chi connectivity index (χ1v) is 10.6. The Morgan fingerprint density at radius 3 is 2.00 bits per heavy atom. The molecule has 0 fully saturated rings. The van der Waals surface area contributed by atoms with Crippen LogP contribution in [0.2, 0.25) is 0 Å². The van der Waals surface area contributed by atoms with Crippen LogP contribution in [0.15, 0.2) is 29.3 Å². The maximum absolute atomic E-state index is 12.3. The van der Waals surface area contributed by atoms with E-state index < -0.39 is 48.9 Å². The molecule has 16 nitrogen and oxygen atoms in total. The molecule has 208 valence electrons. The van der Waals surface area contributed by atoms with Crippen LogP contribution < -0.4 is 16.0 Å². The Bertz CT molecular complexity index is 860. The minimum atomic E-state index is -1.99. The Balaban J connectivity index is 4.15. The van der Waals surface area contributed by atoms with Crippen LogP contribution >= 0.6 is 0 Å². The zero-order valence-corrected chi connectivity index (χ0v) is 20.8. The van der Waals surface area contributed by atoms with Crippen molar-refractivity contribution in [1.29, 1.82) is 0 Å². The molecule has 0 aliphatic heterocycles. The monoisotopic (exact) mass is 532 g/mol. The summed E-state index contributed by atoms with van der Waals surface area (Å²) in [7, 11) is 0. The number of carbonyl (C=O) groups is 5. The van der Waals surface area contributed by atoms with Gasteiger partial charge in [-0.25, -0.2) is 24.2 Å². The molecule has 1 unspecified atom stereocenters. The molecular formula is C21H32N4O12. The van der Waals surface area contributed by atoms with Gasteiger partial charge in [0.05, 0.1) is 13.3 Å². The third-order valence-corrected chi connectivity index (χ3v) is 3.73. The summed E-state index contributed by atoms with van der Waals surface area (Å²) in [6.07, 6.45) is -1.16. The molecule has 0 saturated heterocycles. The summed E-state index contributed by atoms with van der Waals surface area (Å²) in [5, 5.41) is 16.1. The average Bonchev–Trinajstić information content (AvgIpc) is 2.84. The van der Waals surface area contributed by atoms with Gasteiger partial charge in [0.1, 0.15) is 33.1 Å². The zero-order valence-electron chi connectivity index (χ0n) is 20.8. The number of nitrogens with zero attached hydrogens (tertiary/aromatic N) is 1. The molecule has 0 bridgehead atoms. The summed E-state index contributed by atoms with van der Waals surface area (Å²) in [6, 6.07) is 0. The topological polar surface area (TPSA) is 209 Å². The first kappa shape index (κ1) is 32.8. The summed E-state index contributed by atoms with van der Waals surface area (Å²) in [6.45, 7) is 8.70. The van der Waals surface area contributed by atoms with Crippen LogP contribution in [0.25, 0.3) is 0 Å². The highest BCUT2D eigenvalue weighted by molar-refractivity contribution is 5.88. The number of nitrogens with one attached hydrogen (secondary N) is 3. The van der Waals surface area contributed by atoms with Gasteiger partial charge in [-0.05, 0) is 20.8 Å². The van der Waals surface area contributed by atoms with Gasteiger partial charge in [-0.3, -0.25) is 4.79 Å². The maximum Gasteiger partial charge on any atom is 0.409 e. The predicted molar refractivity (Wildman–Crippen MR) is 125 cm³/mol. The molecule has 0 rings (SSSR count). The normalized spacial score (nSPS) is 11.9. The van der Waals surface area contributed by atoms with Crippen molar-refractivity contribution in [2.45, 2.75) is 26.4 Å². The number of hydrogen-bond acceptors (Lipinski definition) is 13.